The predicted molar refractivity (Wildman–Crippen MR) is 103 cm³/mol. The second-order valence-electron chi connectivity index (χ2n) is 4.94. The number of anilines is 1. The molecular weight excluding hydrogens is 340 g/mol. The van der Waals surface area contributed by atoms with Crippen LogP contribution in [-0.2, 0) is 6.42 Å². The van der Waals surface area contributed by atoms with Gasteiger partial charge in [0.2, 0.25) is 0 Å². The first-order valence-electron chi connectivity index (χ1n) is 7.30. The van der Waals surface area contributed by atoms with E-state index in [1.165, 1.54) is 0 Å². The van der Waals surface area contributed by atoms with Gasteiger partial charge < -0.3 is 10.6 Å². The molecule has 0 saturated heterocycles. The Labute approximate surface area is 148 Å². The van der Waals surface area contributed by atoms with Crippen molar-refractivity contribution in [1.82, 2.24) is 10.3 Å². The standard InChI is InChI=1S/C16H14N6S2/c17-22-21-12-6-2-1-5-11(12)9-10-18-15(23)20-16-19-13-7-3-4-8-14(13)24-16/h1-8H,9-10H2,(H2,18,19,20,23). The van der Waals surface area contributed by atoms with Crippen molar-refractivity contribution in [3.05, 3.63) is 64.5 Å². The molecule has 0 aliphatic rings. The van der Waals surface area contributed by atoms with Gasteiger partial charge >= 0.3 is 0 Å². The number of fused-ring (bicyclic) bond motifs is 1. The summed E-state index contributed by atoms with van der Waals surface area (Å²) in [4.78, 5) is 7.33. The number of nitrogens with zero attached hydrogens (tertiary/aromatic N) is 4. The molecule has 0 bridgehead atoms. The minimum Gasteiger partial charge on any atom is -0.362 e. The fourth-order valence-corrected chi connectivity index (χ4v) is 3.38. The molecule has 1 aromatic heterocycles. The van der Waals surface area contributed by atoms with Crippen molar-refractivity contribution in [3.8, 4) is 0 Å². The Morgan fingerprint density at radius 3 is 2.83 bits per heavy atom. The second-order valence-corrected chi connectivity index (χ2v) is 6.37. The van der Waals surface area contributed by atoms with Crippen LogP contribution in [0, 0.1) is 0 Å². The van der Waals surface area contributed by atoms with E-state index in [1.54, 1.807) is 17.4 Å². The van der Waals surface area contributed by atoms with Crippen molar-refractivity contribution in [1.29, 1.82) is 0 Å². The van der Waals surface area contributed by atoms with Gasteiger partial charge in [-0.25, -0.2) is 4.98 Å². The van der Waals surface area contributed by atoms with Crippen LogP contribution in [0.2, 0.25) is 0 Å². The lowest BCUT2D eigenvalue weighted by atomic mass is 10.1. The van der Waals surface area contributed by atoms with Crippen LogP contribution in [0.3, 0.4) is 0 Å². The maximum atomic E-state index is 8.59. The number of para-hydroxylation sites is 1. The van der Waals surface area contributed by atoms with Crippen LogP contribution in [-0.4, -0.2) is 16.6 Å². The smallest absolute Gasteiger partial charge is 0.190 e. The monoisotopic (exact) mass is 354 g/mol. The van der Waals surface area contributed by atoms with Crippen molar-refractivity contribution in [2.24, 2.45) is 5.11 Å². The molecule has 6 nitrogen and oxygen atoms in total. The highest BCUT2D eigenvalue weighted by Gasteiger charge is 2.05. The van der Waals surface area contributed by atoms with Gasteiger partial charge in [-0.3, -0.25) is 0 Å². The molecule has 0 saturated carbocycles. The fourth-order valence-electron chi connectivity index (χ4n) is 2.25. The molecule has 24 heavy (non-hydrogen) atoms. The normalized spacial score (nSPS) is 10.2. The average Bonchev–Trinajstić information content (AvgIpc) is 2.98. The molecule has 0 amide bonds. The molecule has 0 aliphatic carbocycles. The van der Waals surface area contributed by atoms with Crippen molar-refractivity contribution >= 4 is 49.7 Å². The van der Waals surface area contributed by atoms with E-state index < -0.39 is 0 Å². The van der Waals surface area contributed by atoms with Gasteiger partial charge in [0.25, 0.3) is 0 Å². The molecule has 2 aromatic carbocycles. The summed E-state index contributed by atoms with van der Waals surface area (Å²) in [6, 6.07) is 15.5. The van der Waals surface area contributed by atoms with Crippen LogP contribution in [0.5, 0.6) is 0 Å². The lowest BCUT2D eigenvalue weighted by Gasteiger charge is -2.09. The summed E-state index contributed by atoms with van der Waals surface area (Å²) in [5.41, 5.74) is 11.2. The van der Waals surface area contributed by atoms with Crippen LogP contribution in [0.4, 0.5) is 10.8 Å². The summed E-state index contributed by atoms with van der Waals surface area (Å²) in [5.74, 6) is 0. The number of thiocarbonyl (C=S) groups is 1. The maximum absolute atomic E-state index is 8.59. The van der Waals surface area contributed by atoms with Gasteiger partial charge in [-0.05, 0) is 41.9 Å². The summed E-state index contributed by atoms with van der Waals surface area (Å²) >= 11 is 6.86. The van der Waals surface area contributed by atoms with E-state index in [4.69, 9.17) is 17.7 Å². The minimum absolute atomic E-state index is 0.523. The zero-order valence-electron chi connectivity index (χ0n) is 12.6. The number of rotatable bonds is 5. The second kappa shape index (κ2) is 7.74. The number of thiazole rings is 1. The fraction of sp³-hybridized carbons (Fsp3) is 0.125. The molecular formula is C16H14N6S2. The van der Waals surface area contributed by atoms with Crippen molar-refractivity contribution in [3.63, 3.8) is 0 Å². The van der Waals surface area contributed by atoms with E-state index >= 15 is 0 Å². The first kappa shape index (κ1) is 16.2. The molecule has 1 heterocycles. The molecule has 3 rings (SSSR count). The Kier molecular flexibility index (Phi) is 5.22. The summed E-state index contributed by atoms with van der Waals surface area (Å²) in [6.07, 6.45) is 0.705. The number of azide groups is 1. The number of aromatic nitrogens is 1. The lowest BCUT2D eigenvalue weighted by molar-refractivity contribution is 0.873. The molecule has 0 aliphatic heterocycles. The molecule has 0 unspecified atom stereocenters. The molecule has 3 aromatic rings. The summed E-state index contributed by atoms with van der Waals surface area (Å²) in [6.45, 7) is 0.634. The molecule has 0 fully saturated rings. The largest absolute Gasteiger partial charge is 0.362 e. The van der Waals surface area contributed by atoms with Crippen molar-refractivity contribution in [2.45, 2.75) is 6.42 Å². The first-order chi connectivity index (χ1) is 11.8. The van der Waals surface area contributed by atoms with Gasteiger partial charge in [0.05, 0.1) is 10.2 Å². The number of benzene rings is 2. The summed E-state index contributed by atoms with van der Waals surface area (Å²) < 4.78 is 1.12. The summed E-state index contributed by atoms with van der Waals surface area (Å²) in [5, 5.41) is 11.2. The third-order valence-electron chi connectivity index (χ3n) is 3.34. The third kappa shape index (κ3) is 3.99. The van der Waals surface area contributed by atoms with Crippen molar-refractivity contribution in [2.75, 3.05) is 11.9 Å². The van der Waals surface area contributed by atoms with Gasteiger partial charge in [-0.2, -0.15) is 0 Å². The Balaban J connectivity index is 1.55. The van der Waals surface area contributed by atoms with Crippen LogP contribution >= 0.6 is 23.6 Å². The van der Waals surface area contributed by atoms with Gasteiger partial charge in [-0.1, -0.05) is 52.8 Å². The molecule has 2 N–H and O–H groups in total. The van der Waals surface area contributed by atoms with E-state index in [-0.39, 0.29) is 0 Å². The highest BCUT2D eigenvalue weighted by molar-refractivity contribution is 7.80. The highest BCUT2D eigenvalue weighted by atomic mass is 32.1. The van der Waals surface area contributed by atoms with Crippen LogP contribution in [0.25, 0.3) is 20.7 Å². The zero-order valence-corrected chi connectivity index (χ0v) is 14.3. The van der Waals surface area contributed by atoms with Gasteiger partial charge in [0.15, 0.2) is 10.2 Å². The van der Waals surface area contributed by atoms with E-state index in [0.717, 1.165) is 20.9 Å². The van der Waals surface area contributed by atoms with Crippen LogP contribution in [0.1, 0.15) is 5.56 Å². The van der Waals surface area contributed by atoms with E-state index in [2.05, 4.69) is 25.6 Å². The number of hydrogen-bond donors (Lipinski definition) is 2. The SMILES string of the molecule is [N-]=[N+]=Nc1ccccc1CCNC(=S)Nc1nc2ccccc2s1. The van der Waals surface area contributed by atoms with E-state index in [0.29, 0.717) is 23.8 Å². The van der Waals surface area contributed by atoms with Gasteiger partial charge in [-0.15, -0.1) is 0 Å². The Hall–Kier alpha value is -2.67. The number of hydrogen-bond acceptors (Lipinski definition) is 4. The average molecular weight is 354 g/mol. The van der Waals surface area contributed by atoms with E-state index in [1.807, 2.05) is 42.5 Å². The maximum Gasteiger partial charge on any atom is 0.190 e. The van der Waals surface area contributed by atoms with Gasteiger partial charge in [0.1, 0.15) is 0 Å². The molecule has 8 heteroatoms. The third-order valence-corrected chi connectivity index (χ3v) is 4.54. The molecule has 0 atom stereocenters. The molecule has 0 radical (unpaired) electrons. The van der Waals surface area contributed by atoms with Gasteiger partial charge in [0, 0.05) is 17.1 Å². The van der Waals surface area contributed by atoms with E-state index in [9.17, 15) is 0 Å². The quantitative estimate of drug-likeness (QED) is 0.299. The highest BCUT2D eigenvalue weighted by Crippen LogP contribution is 2.25. The summed E-state index contributed by atoms with van der Waals surface area (Å²) in [7, 11) is 0. The topological polar surface area (TPSA) is 85.7 Å². The Morgan fingerprint density at radius 1 is 1.21 bits per heavy atom. The minimum atomic E-state index is 0.523. The Bertz CT molecular complexity index is 881. The molecule has 0 spiro atoms. The van der Waals surface area contributed by atoms with Crippen LogP contribution < -0.4 is 10.6 Å². The molecule has 120 valence electrons. The number of nitrogens with one attached hydrogen (secondary N) is 2. The Morgan fingerprint density at radius 2 is 2.00 bits per heavy atom. The van der Waals surface area contributed by atoms with Crippen molar-refractivity contribution < 1.29 is 0 Å². The van der Waals surface area contributed by atoms with Crippen LogP contribution in [0.15, 0.2) is 53.6 Å². The first-order valence-corrected chi connectivity index (χ1v) is 8.52. The zero-order chi connectivity index (χ0) is 16.8. The lowest BCUT2D eigenvalue weighted by Crippen LogP contribution is -2.30. The predicted octanol–water partition coefficient (Wildman–Crippen LogP) is 4.77.